The fourth-order valence-corrected chi connectivity index (χ4v) is 3.22. The average Bonchev–Trinajstić information content (AvgIpc) is 2.69. The van der Waals surface area contributed by atoms with E-state index in [4.69, 9.17) is 16.3 Å². The first-order chi connectivity index (χ1) is 13.1. The topological polar surface area (TPSA) is 64.4 Å². The molecule has 27 heavy (non-hydrogen) atoms. The first-order valence-electron chi connectivity index (χ1n) is 8.55. The van der Waals surface area contributed by atoms with Gasteiger partial charge in [-0.3, -0.25) is 9.36 Å². The molecule has 1 atom stereocenters. The van der Waals surface area contributed by atoms with Gasteiger partial charge in [-0.05, 0) is 29.7 Å². The molecule has 0 aliphatic rings. The van der Waals surface area contributed by atoms with Crippen molar-refractivity contribution >= 4 is 33.3 Å². The lowest BCUT2D eigenvalue weighted by atomic mass is 10.1. The van der Waals surface area contributed by atoms with Crippen LogP contribution < -0.4 is 10.3 Å². The zero-order valence-electron chi connectivity index (χ0n) is 14.4. The number of rotatable bonds is 5. The van der Waals surface area contributed by atoms with Crippen molar-refractivity contribution in [2.75, 3.05) is 6.61 Å². The van der Waals surface area contributed by atoms with E-state index in [2.05, 4.69) is 4.98 Å². The highest BCUT2D eigenvalue weighted by Crippen LogP contribution is 2.25. The van der Waals surface area contributed by atoms with Crippen molar-refractivity contribution in [1.29, 1.82) is 0 Å². The summed E-state index contributed by atoms with van der Waals surface area (Å²) < 4.78 is 7.16. The van der Waals surface area contributed by atoms with Gasteiger partial charge in [0.1, 0.15) is 18.5 Å². The summed E-state index contributed by atoms with van der Waals surface area (Å²) in [5.74, 6) is 0.697. The van der Waals surface area contributed by atoms with Gasteiger partial charge in [0, 0.05) is 10.4 Å². The van der Waals surface area contributed by atoms with E-state index in [0.29, 0.717) is 21.7 Å². The number of ether oxygens (including phenoxy) is 1. The summed E-state index contributed by atoms with van der Waals surface area (Å²) >= 11 is 5.97. The minimum atomic E-state index is -0.861. The van der Waals surface area contributed by atoms with E-state index < -0.39 is 6.10 Å². The number of halogens is 1. The van der Waals surface area contributed by atoms with E-state index in [0.717, 1.165) is 10.8 Å². The molecule has 136 valence electrons. The Kier molecular flexibility index (Phi) is 4.79. The molecule has 6 heteroatoms. The number of aromatic nitrogens is 2. The number of hydrogen-bond acceptors (Lipinski definition) is 4. The fraction of sp³-hybridized carbons (Fsp3) is 0.143. The Hall–Kier alpha value is -2.89. The van der Waals surface area contributed by atoms with Crippen LogP contribution in [0.15, 0.2) is 71.8 Å². The van der Waals surface area contributed by atoms with Crippen molar-refractivity contribution < 1.29 is 9.84 Å². The Balaban J connectivity index is 1.51. The maximum atomic E-state index is 12.6. The lowest BCUT2D eigenvalue weighted by molar-refractivity contribution is 0.0922. The van der Waals surface area contributed by atoms with Gasteiger partial charge < -0.3 is 9.84 Å². The van der Waals surface area contributed by atoms with Crippen LogP contribution in [0.3, 0.4) is 0 Å². The summed E-state index contributed by atoms with van der Waals surface area (Å²) in [7, 11) is 0. The SMILES string of the molecule is O=c1c2cc(Cl)ccc2ncn1C[C@@H](O)COc1cccc2ccccc12. The van der Waals surface area contributed by atoms with Gasteiger partial charge >= 0.3 is 0 Å². The molecule has 5 nitrogen and oxygen atoms in total. The molecule has 0 spiro atoms. The molecule has 0 aliphatic heterocycles. The predicted molar refractivity (Wildman–Crippen MR) is 106 cm³/mol. The third-order valence-electron chi connectivity index (χ3n) is 4.37. The highest BCUT2D eigenvalue weighted by atomic mass is 35.5. The van der Waals surface area contributed by atoms with Crippen molar-refractivity contribution in [2.45, 2.75) is 12.6 Å². The van der Waals surface area contributed by atoms with Crippen LogP contribution in [-0.2, 0) is 6.54 Å². The van der Waals surface area contributed by atoms with E-state index in [1.54, 1.807) is 18.2 Å². The standard InChI is InChI=1S/C21H17ClN2O3/c22-15-8-9-19-18(10-15)21(26)24(13-23-19)11-16(25)12-27-20-7-3-5-14-4-1-2-6-17(14)20/h1-10,13,16,25H,11-12H2/t16-/m1/s1. The quantitative estimate of drug-likeness (QED) is 0.574. The molecule has 1 aromatic heterocycles. The predicted octanol–water partition coefficient (Wildman–Crippen LogP) is 3.64. The molecule has 1 heterocycles. The van der Waals surface area contributed by atoms with Gasteiger partial charge in [0.2, 0.25) is 0 Å². The lowest BCUT2D eigenvalue weighted by Gasteiger charge is -2.15. The van der Waals surface area contributed by atoms with Crippen LogP contribution in [0.2, 0.25) is 5.02 Å². The van der Waals surface area contributed by atoms with Crippen LogP contribution in [0.25, 0.3) is 21.7 Å². The van der Waals surface area contributed by atoms with Gasteiger partial charge in [-0.15, -0.1) is 0 Å². The molecule has 0 fully saturated rings. The summed E-state index contributed by atoms with van der Waals surface area (Å²) in [5, 5.41) is 13.3. The summed E-state index contributed by atoms with van der Waals surface area (Å²) in [5.41, 5.74) is 0.328. The van der Waals surface area contributed by atoms with Crippen LogP contribution in [0.1, 0.15) is 0 Å². The molecule has 0 aliphatic carbocycles. The van der Waals surface area contributed by atoms with E-state index in [1.165, 1.54) is 10.9 Å². The second kappa shape index (κ2) is 7.39. The lowest BCUT2D eigenvalue weighted by Crippen LogP contribution is -2.30. The van der Waals surface area contributed by atoms with E-state index in [1.807, 2.05) is 42.5 Å². The maximum absolute atomic E-state index is 12.6. The summed E-state index contributed by atoms with van der Waals surface area (Å²) in [6, 6.07) is 18.6. The highest BCUT2D eigenvalue weighted by molar-refractivity contribution is 6.31. The van der Waals surface area contributed by atoms with E-state index >= 15 is 0 Å². The third kappa shape index (κ3) is 3.65. The number of fused-ring (bicyclic) bond motifs is 2. The van der Waals surface area contributed by atoms with Gasteiger partial charge in [0.25, 0.3) is 5.56 Å². The molecule has 0 radical (unpaired) electrons. The first kappa shape index (κ1) is 17.5. The van der Waals surface area contributed by atoms with Gasteiger partial charge in [-0.1, -0.05) is 48.0 Å². The number of nitrogens with zero attached hydrogens (tertiary/aromatic N) is 2. The molecule has 0 saturated carbocycles. The van der Waals surface area contributed by atoms with Crippen LogP contribution in [-0.4, -0.2) is 27.4 Å². The third-order valence-corrected chi connectivity index (χ3v) is 4.61. The second-order valence-corrected chi connectivity index (χ2v) is 6.74. The van der Waals surface area contributed by atoms with Gasteiger partial charge in [0.05, 0.1) is 23.8 Å². The number of benzene rings is 3. The monoisotopic (exact) mass is 380 g/mol. The fourth-order valence-electron chi connectivity index (χ4n) is 3.05. The normalized spacial score (nSPS) is 12.4. The van der Waals surface area contributed by atoms with Crippen molar-refractivity contribution in [3.05, 3.63) is 82.4 Å². The molecular weight excluding hydrogens is 364 g/mol. The minimum absolute atomic E-state index is 0.0635. The van der Waals surface area contributed by atoms with Crippen LogP contribution in [0.4, 0.5) is 0 Å². The van der Waals surface area contributed by atoms with Crippen molar-refractivity contribution in [3.8, 4) is 5.75 Å². The van der Waals surface area contributed by atoms with Gasteiger partial charge in [0.15, 0.2) is 0 Å². The molecule has 3 aromatic carbocycles. The second-order valence-electron chi connectivity index (χ2n) is 6.31. The average molecular weight is 381 g/mol. The summed E-state index contributed by atoms with van der Waals surface area (Å²) in [6.07, 6.45) is 0.569. The van der Waals surface area contributed by atoms with Crippen LogP contribution >= 0.6 is 11.6 Å². The Labute approximate surface area is 160 Å². The highest BCUT2D eigenvalue weighted by Gasteiger charge is 2.11. The van der Waals surface area contributed by atoms with Crippen LogP contribution in [0.5, 0.6) is 5.75 Å². The number of aliphatic hydroxyl groups excluding tert-OH is 1. The molecule has 0 amide bonds. The van der Waals surface area contributed by atoms with E-state index in [9.17, 15) is 9.90 Å². The Morgan fingerprint density at radius 1 is 1.07 bits per heavy atom. The largest absolute Gasteiger partial charge is 0.490 e. The minimum Gasteiger partial charge on any atom is -0.490 e. The summed E-state index contributed by atoms with van der Waals surface area (Å²) in [6.45, 7) is 0.146. The van der Waals surface area contributed by atoms with Gasteiger partial charge in [-0.2, -0.15) is 0 Å². The number of hydrogen-bond donors (Lipinski definition) is 1. The first-order valence-corrected chi connectivity index (χ1v) is 8.93. The zero-order chi connectivity index (χ0) is 18.8. The molecular formula is C21H17ClN2O3. The Morgan fingerprint density at radius 3 is 2.78 bits per heavy atom. The molecule has 0 unspecified atom stereocenters. The van der Waals surface area contributed by atoms with Crippen molar-refractivity contribution in [1.82, 2.24) is 9.55 Å². The molecule has 0 bridgehead atoms. The molecule has 0 saturated heterocycles. The summed E-state index contributed by atoms with van der Waals surface area (Å²) in [4.78, 5) is 16.8. The Bertz CT molecular complexity index is 1170. The Morgan fingerprint density at radius 2 is 1.89 bits per heavy atom. The zero-order valence-corrected chi connectivity index (χ0v) is 15.1. The molecule has 4 aromatic rings. The van der Waals surface area contributed by atoms with Gasteiger partial charge in [-0.25, -0.2) is 4.98 Å². The maximum Gasteiger partial charge on any atom is 0.261 e. The smallest absolute Gasteiger partial charge is 0.261 e. The number of aliphatic hydroxyl groups is 1. The molecule has 1 N–H and O–H groups in total. The van der Waals surface area contributed by atoms with E-state index in [-0.39, 0.29) is 18.7 Å². The van der Waals surface area contributed by atoms with Crippen LogP contribution in [0, 0.1) is 0 Å². The van der Waals surface area contributed by atoms with Crippen molar-refractivity contribution in [3.63, 3.8) is 0 Å². The molecule has 4 rings (SSSR count). The van der Waals surface area contributed by atoms with Crippen molar-refractivity contribution in [2.24, 2.45) is 0 Å².